The summed E-state index contributed by atoms with van der Waals surface area (Å²) in [5, 5.41) is 8.81. The fourth-order valence-corrected chi connectivity index (χ4v) is 3.99. The van der Waals surface area contributed by atoms with Crippen LogP contribution in [-0.4, -0.2) is 25.7 Å². The van der Waals surface area contributed by atoms with E-state index < -0.39 is 21.8 Å². The van der Waals surface area contributed by atoms with Crippen LogP contribution in [0.3, 0.4) is 0 Å². The molecule has 0 aliphatic heterocycles. The molecule has 0 aliphatic carbocycles. The number of furan rings is 1. The van der Waals surface area contributed by atoms with E-state index in [1.54, 1.807) is 18.2 Å². The molecule has 1 aromatic heterocycles. The van der Waals surface area contributed by atoms with E-state index in [1.165, 1.54) is 11.8 Å². The van der Waals surface area contributed by atoms with Gasteiger partial charge in [0, 0.05) is 16.6 Å². The smallest absolute Gasteiger partial charge is 0.371 e. The molecule has 9 heteroatoms. The minimum atomic E-state index is -3.94. The molecule has 112 valence electrons. The van der Waals surface area contributed by atoms with Crippen LogP contribution in [0.2, 0.25) is 0 Å². The Labute approximate surface area is 133 Å². The fourth-order valence-electron chi connectivity index (χ4n) is 1.54. The van der Waals surface area contributed by atoms with Gasteiger partial charge in [-0.1, -0.05) is 6.07 Å². The van der Waals surface area contributed by atoms with E-state index in [0.717, 1.165) is 11.0 Å². The van der Waals surface area contributed by atoms with Gasteiger partial charge < -0.3 is 9.52 Å². The predicted octanol–water partition coefficient (Wildman–Crippen LogP) is 3.26. The van der Waals surface area contributed by atoms with Crippen LogP contribution in [-0.2, 0) is 10.0 Å². The molecule has 6 nitrogen and oxygen atoms in total. The monoisotopic (exact) mass is 391 g/mol. The number of carboxylic acid groups (broad SMARTS) is 1. The zero-order valence-electron chi connectivity index (χ0n) is 10.7. The normalized spacial score (nSPS) is 11.3. The fraction of sp³-hybridized carbons (Fsp3) is 0.0833. The maximum atomic E-state index is 12.3. The highest BCUT2D eigenvalue weighted by molar-refractivity contribution is 9.10. The molecule has 0 atom stereocenters. The molecule has 0 saturated heterocycles. The van der Waals surface area contributed by atoms with Crippen molar-refractivity contribution in [2.75, 3.05) is 11.0 Å². The lowest BCUT2D eigenvalue weighted by molar-refractivity contribution is 0.0661. The Bertz CT molecular complexity index is 785. The van der Waals surface area contributed by atoms with E-state index in [0.29, 0.717) is 5.69 Å². The molecular weight excluding hydrogens is 382 g/mol. The van der Waals surface area contributed by atoms with E-state index in [-0.39, 0.29) is 9.56 Å². The minimum absolute atomic E-state index is 0.159. The second kappa shape index (κ2) is 6.12. The van der Waals surface area contributed by atoms with Crippen molar-refractivity contribution in [3.8, 4) is 0 Å². The predicted molar refractivity (Wildman–Crippen MR) is 82.4 cm³/mol. The van der Waals surface area contributed by atoms with E-state index in [9.17, 15) is 13.2 Å². The van der Waals surface area contributed by atoms with Gasteiger partial charge in [0.2, 0.25) is 5.76 Å². The van der Waals surface area contributed by atoms with Gasteiger partial charge in [-0.15, -0.1) is 11.8 Å². The molecule has 0 radical (unpaired) electrons. The third kappa shape index (κ3) is 3.60. The molecule has 2 aromatic rings. The number of halogens is 1. The first-order valence-corrected chi connectivity index (χ1v) is 9.03. The molecule has 1 heterocycles. The SMILES string of the molecule is CSc1cccc(NS(=O)(=O)c2cc(C(=O)O)oc2Br)c1. The summed E-state index contributed by atoms with van der Waals surface area (Å²) in [5.74, 6) is -1.80. The van der Waals surface area contributed by atoms with Crippen molar-refractivity contribution in [2.24, 2.45) is 0 Å². The van der Waals surface area contributed by atoms with Crippen molar-refractivity contribution >= 4 is 49.4 Å². The van der Waals surface area contributed by atoms with Gasteiger partial charge in [-0.2, -0.15) is 0 Å². The zero-order valence-corrected chi connectivity index (χ0v) is 13.9. The number of carboxylic acids is 1. The average molecular weight is 392 g/mol. The number of hydrogen-bond acceptors (Lipinski definition) is 5. The van der Waals surface area contributed by atoms with E-state index >= 15 is 0 Å². The molecule has 0 unspecified atom stereocenters. The molecule has 21 heavy (non-hydrogen) atoms. The standard InChI is InChI=1S/C12H10BrNO5S2/c1-20-8-4-2-3-7(5-8)14-21(17,18)10-6-9(12(15)16)19-11(10)13/h2-6,14H,1H3,(H,15,16). The van der Waals surface area contributed by atoms with Crippen molar-refractivity contribution in [3.05, 3.63) is 40.8 Å². The maximum absolute atomic E-state index is 12.3. The summed E-state index contributed by atoms with van der Waals surface area (Å²) >= 11 is 4.39. The molecule has 2 rings (SSSR count). The molecule has 0 amide bonds. The van der Waals surface area contributed by atoms with Gasteiger partial charge in [0.15, 0.2) is 4.67 Å². The number of nitrogens with one attached hydrogen (secondary N) is 1. The highest BCUT2D eigenvalue weighted by Crippen LogP contribution is 2.28. The first kappa shape index (κ1) is 15.9. The van der Waals surface area contributed by atoms with Gasteiger partial charge in [0.05, 0.1) is 0 Å². The Morgan fingerprint density at radius 2 is 2.10 bits per heavy atom. The Morgan fingerprint density at radius 1 is 1.38 bits per heavy atom. The average Bonchev–Trinajstić information content (AvgIpc) is 2.81. The number of hydrogen-bond donors (Lipinski definition) is 2. The van der Waals surface area contributed by atoms with Gasteiger partial charge in [0.25, 0.3) is 10.0 Å². The summed E-state index contributed by atoms with van der Waals surface area (Å²) in [7, 11) is -3.94. The topological polar surface area (TPSA) is 96.6 Å². The summed E-state index contributed by atoms with van der Waals surface area (Å²) in [5.41, 5.74) is 0.381. The Balaban J connectivity index is 2.36. The minimum Gasteiger partial charge on any atom is -0.475 e. The quantitative estimate of drug-likeness (QED) is 0.759. The van der Waals surface area contributed by atoms with Crippen molar-refractivity contribution in [2.45, 2.75) is 9.79 Å². The molecule has 0 fully saturated rings. The van der Waals surface area contributed by atoms with Crippen LogP contribution in [0.4, 0.5) is 5.69 Å². The first-order valence-electron chi connectivity index (χ1n) is 5.53. The van der Waals surface area contributed by atoms with Crippen LogP contribution in [0.25, 0.3) is 0 Å². The van der Waals surface area contributed by atoms with Crippen molar-refractivity contribution in [3.63, 3.8) is 0 Å². The van der Waals surface area contributed by atoms with Crippen molar-refractivity contribution < 1.29 is 22.7 Å². The second-order valence-electron chi connectivity index (χ2n) is 3.89. The Hall–Kier alpha value is -1.45. The molecule has 0 saturated carbocycles. The van der Waals surface area contributed by atoms with E-state index in [1.807, 2.05) is 12.3 Å². The summed E-state index contributed by atoms with van der Waals surface area (Å²) in [6.45, 7) is 0. The van der Waals surface area contributed by atoms with E-state index in [4.69, 9.17) is 9.52 Å². The number of thioether (sulfide) groups is 1. The Morgan fingerprint density at radius 3 is 2.67 bits per heavy atom. The van der Waals surface area contributed by atoms with Gasteiger partial charge in [-0.3, -0.25) is 4.72 Å². The number of carbonyl (C=O) groups is 1. The molecule has 0 bridgehead atoms. The van der Waals surface area contributed by atoms with Crippen LogP contribution in [0.15, 0.2) is 49.2 Å². The Kier molecular flexibility index (Phi) is 4.64. The van der Waals surface area contributed by atoms with Crippen LogP contribution in [0, 0.1) is 0 Å². The van der Waals surface area contributed by atoms with Crippen molar-refractivity contribution in [1.29, 1.82) is 0 Å². The van der Waals surface area contributed by atoms with Gasteiger partial charge in [0.1, 0.15) is 4.90 Å². The van der Waals surface area contributed by atoms with Crippen LogP contribution < -0.4 is 4.72 Å². The number of benzene rings is 1. The van der Waals surface area contributed by atoms with E-state index in [2.05, 4.69) is 20.7 Å². The van der Waals surface area contributed by atoms with Crippen LogP contribution in [0.5, 0.6) is 0 Å². The third-order valence-electron chi connectivity index (χ3n) is 2.48. The van der Waals surface area contributed by atoms with Crippen LogP contribution >= 0.6 is 27.7 Å². The van der Waals surface area contributed by atoms with Gasteiger partial charge in [-0.05, 0) is 40.4 Å². The highest BCUT2D eigenvalue weighted by Gasteiger charge is 2.25. The number of anilines is 1. The highest BCUT2D eigenvalue weighted by atomic mass is 79.9. The summed E-state index contributed by atoms with van der Waals surface area (Å²) in [4.78, 5) is 11.4. The lowest BCUT2D eigenvalue weighted by Gasteiger charge is -2.07. The maximum Gasteiger partial charge on any atom is 0.371 e. The summed E-state index contributed by atoms with van der Waals surface area (Å²) < 4.78 is 31.6. The molecule has 1 aromatic carbocycles. The van der Waals surface area contributed by atoms with Gasteiger partial charge in [-0.25, -0.2) is 13.2 Å². The lowest BCUT2D eigenvalue weighted by atomic mass is 10.3. The number of rotatable bonds is 5. The third-order valence-corrected chi connectivity index (χ3v) is 5.44. The first-order chi connectivity index (χ1) is 9.83. The number of aromatic carboxylic acids is 1. The summed E-state index contributed by atoms with van der Waals surface area (Å²) in [6, 6.07) is 7.79. The molecular formula is C12H10BrNO5S2. The zero-order chi connectivity index (χ0) is 15.6. The second-order valence-corrected chi connectivity index (χ2v) is 7.14. The van der Waals surface area contributed by atoms with Crippen molar-refractivity contribution in [1.82, 2.24) is 0 Å². The van der Waals surface area contributed by atoms with Gasteiger partial charge >= 0.3 is 5.97 Å². The van der Waals surface area contributed by atoms with Crippen LogP contribution in [0.1, 0.15) is 10.6 Å². The molecule has 0 aliphatic rings. The number of sulfonamides is 1. The molecule has 0 spiro atoms. The lowest BCUT2D eigenvalue weighted by Crippen LogP contribution is -2.12. The molecule has 2 N–H and O–H groups in total. The summed E-state index contributed by atoms with van der Waals surface area (Å²) in [6.07, 6.45) is 1.87. The largest absolute Gasteiger partial charge is 0.475 e.